The largest absolute Gasteiger partial charge is 0.345 e. The first kappa shape index (κ1) is 14.5. The maximum absolute atomic E-state index is 11.9. The molecule has 5 heteroatoms. The molecule has 0 aliphatic rings. The van der Waals surface area contributed by atoms with Crippen molar-refractivity contribution in [2.45, 2.75) is 33.4 Å². The van der Waals surface area contributed by atoms with E-state index < -0.39 is 0 Å². The smallest absolute Gasteiger partial charge is 0.309 e. The molecule has 1 heterocycles. The molecule has 2 aromatic rings. The monoisotopic (exact) mass is 274 g/mol. The molecule has 0 bridgehead atoms. The summed E-state index contributed by atoms with van der Waals surface area (Å²) in [4.78, 5) is 11.9. The normalized spacial score (nSPS) is 12.6. The highest BCUT2D eigenvalue weighted by atomic mass is 16.2. The van der Waals surface area contributed by atoms with Crippen LogP contribution in [0.2, 0.25) is 0 Å². The average molecular weight is 274 g/mol. The zero-order chi connectivity index (χ0) is 14.7. The molecule has 0 spiro atoms. The number of benzene rings is 1. The number of hydrogen-bond acceptors (Lipinski definition) is 3. The van der Waals surface area contributed by atoms with E-state index in [9.17, 15) is 4.79 Å². The molecule has 0 saturated carbocycles. The summed E-state index contributed by atoms with van der Waals surface area (Å²) in [6.45, 7) is 7.66. The summed E-state index contributed by atoms with van der Waals surface area (Å²) in [7, 11) is 1.71. The predicted molar refractivity (Wildman–Crippen MR) is 79.8 cm³/mol. The molecule has 0 saturated heterocycles. The number of aromatic nitrogens is 3. The summed E-state index contributed by atoms with van der Waals surface area (Å²) < 4.78 is 2.99. The van der Waals surface area contributed by atoms with E-state index in [1.54, 1.807) is 13.4 Å². The predicted octanol–water partition coefficient (Wildman–Crippen LogP) is 1.55. The van der Waals surface area contributed by atoms with Crippen LogP contribution >= 0.6 is 0 Å². The van der Waals surface area contributed by atoms with Crippen LogP contribution < -0.4 is 11.0 Å². The van der Waals surface area contributed by atoms with E-state index in [-0.39, 0.29) is 11.7 Å². The number of aryl methyl sites for hydroxylation is 3. The van der Waals surface area contributed by atoms with Gasteiger partial charge in [0.1, 0.15) is 6.33 Å². The van der Waals surface area contributed by atoms with E-state index in [0.29, 0.717) is 6.54 Å². The first-order valence-electron chi connectivity index (χ1n) is 6.92. The van der Waals surface area contributed by atoms with Crippen molar-refractivity contribution in [3.63, 3.8) is 0 Å². The standard InChI is InChI=1S/C15H22N4O/c1-5-16-14(9-19-15(20)18(4)10-17-19)13-7-6-11(2)12(3)8-13/h6-8,10,14,16H,5,9H2,1-4H3. The number of likely N-dealkylation sites (N-methyl/N-ethyl adjacent to an activating group) is 1. The Kier molecular flexibility index (Phi) is 4.39. The van der Waals surface area contributed by atoms with Crippen LogP contribution in [0, 0.1) is 13.8 Å². The molecule has 1 N–H and O–H groups in total. The molecule has 1 aromatic carbocycles. The summed E-state index contributed by atoms with van der Waals surface area (Å²) >= 11 is 0. The van der Waals surface area contributed by atoms with Gasteiger partial charge in [0.2, 0.25) is 0 Å². The van der Waals surface area contributed by atoms with Crippen molar-refractivity contribution in [2.24, 2.45) is 7.05 Å². The van der Waals surface area contributed by atoms with Gasteiger partial charge in [-0.25, -0.2) is 9.48 Å². The lowest BCUT2D eigenvalue weighted by atomic mass is 10.0. The highest BCUT2D eigenvalue weighted by molar-refractivity contribution is 5.31. The van der Waals surface area contributed by atoms with Gasteiger partial charge in [-0.2, -0.15) is 5.10 Å². The number of rotatable bonds is 5. The van der Waals surface area contributed by atoms with Crippen molar-refractivity contribution in [1.82, 2.24) is 19.7 Å². The van der Waals surface area contributed by atoms with Gasteiger partial charge in [-0.3, -0.25) is 4.57 Å². The fourth-order valence-corrected chi connectivity index (χ4v) is 2.23. The molecule has 0 radical (unpaired) electrons. The van der Waals surface area contributed by atoms with E-state index in [0.717, 1.165) is 6.54 Å². The molecule has 2 rings (SSSR count). The lowest BCUT2D eigenvalue weighted by Gasteiger charge is -2.19. The Balaban J connectivity index is 2.28. The van der Waals surface area contributed by atoms with Crippen LogP contribution in [0.1, 0.15) is 29.7 Å². The topological polar surface area (TPSA) is 51.9 Å². The Morgan fingerprint density at radius 3 is 2.60 bits per heavy atom. The van der Waals surface area contributed by atoms with Gasteiger partial charge in [-0.1, -0.05) is 25.1 Å². The molecule has 0 amide bonds. The van der Waals surface area contributed by atoms with Crippen molar-refractivity contribution in [1.29, 1.82) is 0 Å². The molecular weight excluding hydrogens is 252 g/mol. The van der Waals surface area contributed by atoms with Crippen molar-refractivity contribution in [3.8, 4) is 0 Å². The minimum atomic E-state index is -0.0864. The van der Waals surface area contributed by atoms with Gasteiger partial charge in [0.15, 0.2) is 0 Å². The number of nitrogens with zero attached hydrogens (tertiary/aromatic N) is 3. The quantitative estimate of drug-likeness (QED) is 0.900. The third-order valence-electron chi connectivity index (χ3n) is 3.63. The lowest BCUT2D eigenvalue weighted by molar-refractivity contribution is 0.437. The van der Waals surface area contributed by atoms with E-state index in [1.165, 1.54) is 25.9 Å². The third-order valence-corrected chi connectivity index (χ3v) is 3.63. The van der Waals surface area contributed by atoms with Crippen molar-refractivity contribution in [3.05, 3.63) is 51.7 Å². The molecular formula is C15H22N4O. The van der Waals surface area contributed by atoms with Gasteiger partial charge >= 0.3 is 5.69 Å². The highest BCUT2D eigenvalue weighted by Crippen LogP contribution is 2.18. The van der Waals surface area contributed by atoms with Gasteiger partial charge < -0.3 is 5.32 Å². The third kappa shape index (κ3) is 2.99. The molecule has 5 nitrogen and oxygen atoms in total. The summed E-state index contributed by atoms with van der Waals surface area (Å²) in [5, 5.41) is 7.55. The fraction of sp³-hybridized carbons (Fsp3) is 0.467. The van der Waals surface area contributed by atoms with Gasteiger partial charge in [0.25, 0.3) is 0 Å². The Labute approximate surface area is 119 Å². The minimum absolute atomic E-state index is 0.0864. The first-order valence-corrected chi connectivity index (χ1v) is 6.92. The maximum Gasteiger partial charge on any atom is 0.345 e. The average Bonchev–Trinajstić information content (AvgIpc) is 2.73. The van der Waals surface area contributed by atoms with Crippen LogP contribution in [0.15, 0.2) is 29.3 Å². The Morgan fingerprint density at radius 2 is 2.05 bits per heavy atom. The van der Waals surface area contributed by atoms with Crippen LogP contribution in [0.25, 0.3) is 0 Å². The Bertz CT molecular complexity index is 642. The van der Waals surface area contributed by atoms with Gasteiger partial charge in [-0.15, -0.1) is 0 Å². The van der Waals surface area contributed by atoms with E-state index in [2.05, 4.69) is 49.4 Å². The second kappa shape index (κ2) is 6.05. The molecule has 1 atom stereocenters. The zero-order valence-electron chi connectivity index (χ0n) is 12.6. The molecule has 0 aliphatic carbocycles. The molecule has 1 unspecified atom stereocenters. The number of nitrogens with one attached hydrogen (secondary N) is 1. The highest BCUT2D eigenvalue weighted by Gasteiger charge is 2.14. The van der Waals surface area contributed by atoms with Crippen molar-refractivity contribution < 1.29 is 0 Å². The van der Waals surface area contributed by atoms with Gasteiger partial charge in [0, 0.05) is 7.05 Å². The first-order chi connectivity index (χ1) is 9.52. The summed E-state index contributed by atoms with van der Waals surface area (Å²) in [6.07, 6.45) is 1.55. The summed E-state index contributed by atoms with van der Waals surface area (Å²) in [5.41, 5.74) is 3.64. The summed E-state index contributed by atoms with van der Waals surface area (Å²) in [5.74, 6) is 0. The van der Waals surface area contributed by atoms with Crippen molar-refractivity contribution in [2.75, 3.05) is 6.54 Å². The second-order valence-electron chi connectivity index (χ2n) is 5.16. The molecule has 0 fully saturated rings. The Hall–Kier alpha value is -1.88. The van der Waals surface area contributed by atoms with Gasteiger partial charge in [0.05, 0.1) is 12.6 Å². The minimum Gasteiger partial charge on any atom is -0.309 e. The van der Waals surface area contributed by atoms with E-state index in [1.807, 2.05) is 0 Å². The van der Waals surface area contributed by atoms with E-state index >= 15 is 0 Å². The van der Waals surface area contributed by atoms with Gasteiger partial charge in [-0.05, 0) is 37.1 Å². The Morgan fingerprint density at radius 1 is 1.30 bits per heavy atom. The van der Waals surface area contributed by atoms with Crippen LogP contribution in [-0.4, -0.2) is 20.9 Å². The van der Waals surface area contributed by atoms with E-state index in [4.69, 9.17) is 0 Å². The molecule has 0 aliphatic heterocycles. The lowest BCUT2D eigenvalue weighted by Crippen LogP contribution is -2.31. The van der Waals surface area contributed by atoms with Crippen molar-refractivity contribution >= 4 is 0 Å². The molecule has 20 heavy (non-hydrogen) atoms. The SMILES string of the molecule is CCNC(Cn1ncn(C)c1=O)c1ccc(C)c(C)c1. The van der Waals surface area contributed by atoms with Crippen LogP contribution in [-0.2, 0) is 13.6 Å². The fourth-order valence-electron chi connectivity index (χ4n) is 2.23. The summed E-state index contributed by atoms with van der Waals surface area (Å²) in [6, 6.07) is 6.50. The molecule has 1 aromatic heterocycles. The zero-order valence-corrected chi connectivity index (χ0v) is 12.6. The molecule has 108 valence electrons. The number of hydrogen-bond donors (Lipinski definition) is 1. The van der Waals surface area contributed by atoms with Crippen LogP contribution in [0.5, 0.6) is 0 Å². The maximum atomic E-state index is 11.9. The second-order valence-corrected chi connectivity index (χ2v) is 5.16. The van der Waals surface area contributed by atoms with Crippen LogP contribution in [0.4, 0.5) is 0 Å². The van der Waals surface area contributed by atoms with Crippen LogP contribution in [0.3, 0.4) is 0 Å².